The van der Waals surface area contributed by atoms with Crippen LogP contribution in [0.2, 0.25) is 0 Å². The first kappa shape index (κ1) is 21.3. The summed E-state index contributed by atoms with van der Waals surface area (Å²) < 4.78 is 11.2. The number of ether oxygens (including phenoxy) is 2. The van der Waals surface area contributed by atoms with Crippen LogP contribution in [0.3, 0.4) is 0 Å². The number of rotatable bonds is 8. The fourth-order valence-electron chi connectivity index (χ4n) is 3.99. The van der Waals surface area contributed by atoms with Gasteiger partial charge in [0.1, 0.15) is 11.9 Å². The van der Waals surface area contributed by atoms with Gasteiger partial charge in [0, 0.05) is 50.4 Å². The summed E-state index contributed by atoms with van der Waals surface area (Å²) in [6, 6.07) is 17.8. The number of likely N-dealkylation sites (tertiary alicyclic amines) is 1. The summed E-state index contributed by atoms with van der Waals surface area (Å²) in [5.41, 5.74) is 2.97. The number of hydrogen-bond donors (Lipinski definition) is 1. The lowest BCUT2D eigenvalue weighted by Gasteiger charge is -2.32. The van der Waals surface area contributed by atoms with E-state index in [-0.39, 0.29) is 12.0 Å². The Morgan fingerprint density at radius 2 is 1.97 bits per heavy atom. The zero-order valence-electron chi connectivity index (χ0n) is 17.9. The van der Waals surface area contributed by atoms with Gasteiger partial charge in [0.25, 0.3) is 5.91 Å². The monoisotopic (exact) mass is 419 g/mol. The molecule has 2 heterocycles. The van der Waals surface area contributed by atoms with Crippen LogP contribution in [0, 0.1) is 0 Å². The van der Waals surface area contributed by atoms with Crippen LogP contribution in [0.1, 0.15) is 28.8 Å². The van der Waals surface area contributed by atoms with E-state index in [9.17, 15) is 4.79 Å². The van der Waals surface area contributed by atoms with Gasteiger partial charge in [-0.1, -0.05) is 24.3 Å². The van der Waals surface area contributed by atoms with Crippen LogP contribution < -0.4 is 10.1 Å². The molecule has 31 heavy (non-hydrogen) atoms. The number of aromatic nitrogens is 1. The van der Waals surface area contributed by atoms with Gasteiger partial charge in [-0.25, -0.2) is 0 Å². The van der Waals surface area contributed by atoms with E-state index >= 15 is 0 Å². The standard InChI is InChI=1S/C25H29N3O3/c1-30-16-13-27-25(29)19-5-4-6-22(17-19)31-21-10-14-28(15-11-21)18-20-9-12-26-24-8-3-2-7-23(20)24/h2-9,12,17,21H,10-11,13-16,18H2,1H3,(H,27,29). The summed E-state index contributed by atoms with van der Waals surface area (Å²) in [6.07, 6.45) is 3.99. The predicted molar refractivity (Wildman–Crippen MR) is 121 cm³/mol. The van der Waals surface area contributed by atoms with Crippen molar-refractivity contribution >= 4 is 16.8 Å². The van der Waals surface area contributed by atoms with Gasteiger partial charge in [-0.05, 0) is 48.7 Å². The number of nitrogens with one attached hydrogen (secondary N) is 1. The highest BCUT2D eigenvalue weighted by Crippen LogP contribution is 2.23. The molecule has 2 aromatic carbocycles. The van der Waals surface area contributed by atoms with Crippen LogP contribution in [0.5, 0.6) is 5.75 Å². The SMILES string of the molecule is COCCNC(=O)c1cccc(OC2CCN(Cc3ccnc4ccccc34)CC2)c1. The van der Waals surface area contributed by atoms with E-state index in [0.29, 0.717) is 18.7 Å². The smallest absolute Gasteiger partial charge is 0.251 e. The summed E-state index contributed by atoms with van der Waals surface area (Å²) in [4.78, 5) is 19.2. The molecular weight excluding hydrogens is 390 g/mol. The first-order valence-corrected chi connectivity index (χ1v) is 10.8. The van der Waals surface area contributed by atoms with Crippen LogP contribution >= 0.6 is 0 Å². The second kappa shape index (κ2) is 10.4. The summed E-state index contributed by atoms with van der Waals surface area (Å²) in [5, 5.41) is 4.07. The molecule has 1 saturated heterocycles. The van der Waals surface area contributed by atoms with Crippen molar-refractivity contribution < 1.29 is 14.3 Å². The average molecular weight is 420 g/mol. The third-order valence-corrected chi connectivity index (χ3v) is 5.66. The maximum Gasteiger partial charge on any atom is 0.251 e. The summed E-state index contributed by atoms with van der Waals surface area (Å²) in [5.74, 6) is 0.639. The molecule has 1 aliphatic rings. The van der Waals surface area contributed by atoms with Crippen molar-refractivity contribution in [1.82, 2.24) is 15.2 Å². The van der Waals surface area contributed by atoms with Crippen molar-refractivity contribution in [2.75, 3.05) is 33.4 Å². The number of carbonyl (C=O) groups excluding carboxylic acids is 1. The van der Waals surface area contributed by atoms with Crippen molar-refractivity contribution in [2.45, 2.75) is 25.5 Å². The Balaban J connectivity index is 1.30. The van der Waals surface area contributed by atoms with Gasteiger partial charge in [0.05, 0.1) is 12.1 Å². The molecule has 1 amide bonds. The Labute approximate surface area is 183 Å². The zero-order chi connectivity index (χ0) is 21.5. The quantitative estimate of drug-likeness (QED) is 0.565. The highest BCUT2D eigenvalue weighted by atomic mass is 16.5. The number of piperidine rings is 1. The van der Waals surface area contributed by atoms with E-state index < -0.39 is 0 Å². The number of pyridine rings is 1. The van der Waals surface area contributed by atoms with Crippen molar-refractivity contribution in [3.05, 3.63) is 71.9 Å². The molecule has 0 spiro atoms. The van der Waals surface area contributed by atoms with E-state index in [4.69, 9.17) is 9.47 Å². The summed E-state index contributed by atoms with van der Waals surface area (Å²) in [7, 11) is 1.62. The zero-order valence-corrected chi connectivity index (χ0v) is 17.9. The first-order chi connectivity index (χ1) is 15.2. The van der Waals surface area contributed by atoms with Crippen molar-refractivity contribution in [1.29, 1.82) is 0 Å². The molecule has 6 heteroatoms. The Hall–Kier alpha value is -2.96. The molecule has 0 unspecified atom stereocenters. The maximum atomic E-state index is 12.2. The highest BCUT2D eigenvalue weighted by molar-refractivity contribution is 5.94. The van der Waals surface area contributed by atoms with E-state index in [2.05, 4.69) is 39.5 Å². The van der Waals surface area contributed by atoms with Crippen molar-refractivity contribution in [2.24, 2.45) is 0 Å². The molecule has 1 aliphatic heterocycles. The predicted octanol–water partition coefficient (Wildman–Crippen LogP) is 3.65. The molecular formula is C25H29N3O3. The fraction of sp³-hybridized carbons (Fsp3) is 0.360. The minimum atomic E-state index is -0.109. The lowest BCUT2D eigenvalue weighted by atomic mass is 10.0. The van der Waals surface area contributed by atoms with Crippen LogP contribution in [0.25, 0.3) is 10.9 Å². The average Bonchev–Trinajstić information content (AvgIpc) is 2.81. The Morgan fingerprint density at radius 1 is 1.13 bits per heavy atom. The van der Waals surface area contributed by atoms with Crippen LogP contribution in [0.4, 0.5) is 0 Å². The molecule has 0 aliphatic carbocycles. The molecule has 3 aromatic rings. The van der Waals surface area contributed by atoms with Crippen LogP contribution in [-0.4, -0.2) is 55.2 Å². The van der Waals surface area contributed by atoms with Gasteiger partial charge < -0.3 is 14.8 Å². The number of methoxy groups -OCH3 is 1. The third-order valence-electron chi connectivity index (χ3n) is 5.66. The van der Waals surface area contributed by atoms with E-state index in [0.717, 1.165) is 43.7 Å². The number of fused-ring (bicyclic) bond motifs is 1. The molecule has 1 fully saturated rings. The molecule has 162 valence electrons. The normalized spacial score (nSPS) is 15.1. The number of hydrogen-bond acceptors (Lipinski definition) is 5. The molecule has 0 saturated carbocycles. The molecule has 0 bridgehead atoms. The van der Waals surface area contributed by atoms with Gasteiger partial charge in [0.2, 0.25) is 0 Å². The number of carbonyl (C=O) groups is 1. The van der Waals surface area contributed by atoms with Crippen molar-refractivity contribution in [3.8, 4) is 5.75 Å². The molecule has 0 radical (unpaired) electrons. The minimum Gasteiger partial charge on any atom is -0.490 e. The Bertz CT molecular complexity index is 1010. The molecule has 0 atom stereocenters. The fourth-order valence-corrected chi connectivity index (χ4v) is 3.99. The largest absolute Gasteiger partial charge is 0.490 e. The van der Waals surface area contributed by atoms with E-state index in [1.807, 2.05) is 30.5 Å². The lowest BCUT2D eigenvalue weighted by molar-refractivity contribution is 0.0925. The molecule has 6 nitrogen and oxygen atoms in total. The third kappa shape index (κ3) is 5.60. The number of benzene rings is 2. The summed E-state index contributed by atoms with van der Waals surface area (Å²) >= 11 is 0. The Kier molecular flexibility index (Phi) is 7.12. The van der Waals surface area contributed by atoms with Gasteiger partial charge in [-0.2, -0.15) is 0 Å². The van der Waals surface area contributed by atoms with Crippen molar-refractivity contribution in [3.63, 3.8) is 0 Å². The van der Waals surface area contributed by atoms with Crippen LogP contribution in [-0.2, 0) is 11.3 Å². The topological polar surface area (TPSA) is 63.7 Å². The minimum absolute atomic E-state index is 0.109. The number of para-hydroxylation sites is 1. The number of nitrogens with zero attached hydrogens (tertiary/aromatic N) is 2. The van der Waals surface area contributed by atoms with Crippen LogP contribution in [0.15, 0.2) is 60.8 Å². The Morgan fingerprint density at radius 3 is 2.81 bits per heavy atom. The highest BCUT2D eigenvalue weighted by Gasteiger charge is 2.21. The van der Waals surface area contributed by atoms with Gasteiger partial charge in [-0.3, -0.25) is 14.7 Å². The lowest BCUT2D eigenvalue weighted by Crippen LogP contribution is -2.37. The molecule has 1 N–H and O–H groups in total. The first-order valence-electron chi connectivity index (χ1n) is 10.8. The molecule has 4 rings (SSSR count). The second-order valence-electron chi connectivity index (χ2n) is 7.86. The van der Waals surface area contributed by atoms with E-state index in [1.165, 1.54) is 10.9 Å². The summed E-state index contributed by atoms with van der Waals surface area (Å²) in [6.45, 7) is 3.88. The van der Waals surface area contributed by atoms with Gasteiger partial charge in [-0.15, -0.1) is 0 Å². The number of amides is 1. The second-order valence-corrected chi connectivity index (χ2v) is 7.86. The van der Waals surface area contributed by atoms with Gasteiger partial charge in [0.15, 0.2) is 0 Å². The van der Waals surface area contributed by atoms with E-state index in [1.54, 1.807) is 13.2 Å². The maximum absolute atomic E-state index is 12.2. The van der Waals surface area contributed by atoms with Gasteiger partial charge >= 0.3 is 0 Å². The molecule has 1 aromatic heterocycles.